The maximum Gasteiger partial charge on any atom is 0.286 e. The molecule has 0 aromatic heterocycles. The molecule has 0 radical (unpaired) electrons. The molecule has 2 heterocycles. The Bertz CT molecular complexity index is 884. The number of amides is 1. The van der Waals surface area contributed by atoms with Crippen molar-refractivity contribution in [3.8, 4) is 5.75 Å². The van der Waals surface area contributed by atoms with E-state index in [1.807, 2.05) is 60.7 Å². The van der Waals surface area contributed by atoms with Gasteiger partial charge in [-0.05, 0) is 42.3 Å². The van der Waals surface area contributed by atoms with Gasteiger partial charge in [0.15, 0.2) is 5.17 Å². The summed E-state index contributed by atoms with van der Waals surface area (Å²) in [7, 11) is 0. The summed E-state index contributed by atoms with van der Waals surface area (Å²) in [6, 6.07) is 17.9. The molecule has 1 amide bonds. The molecule has 2 aliphatic heterocycles. The number of aliphatic imine (C=N–C) groups is 1. The Kier molecular flexibility index (Phi) is 6.12. The maximum atomic E-state index is 12.5. The van der Waals surface area contributed by atoms with E-state index in [4.69, 9.17) is 4.74 Å². The van der Waals surface area contributed by atoms with E-state index in [9.17, 15) is 4.79 Å². The van der Waals surface area contributed by atoms with Crippen molar-refractivity contribution in [1.82, 2.24) is 4.90 Å². The smallest absolute Gasteiger partial charge is 0.286 e. The van der Waals surface area contributed by atoms with Crippen LogP contribution in [0.4, 0.5) is 0 Å². The number of hydrogen-bond donors (Lipinski definition) is 0. The zero-order chi connectivity index (χ0) is 19.2. The Balaban J connectivity index is 1.47. The first-order chi connectivity index (χ1) is 13.8. The van der Waals surface area contributed by atoms with Crippen LogP contribution in [-0.2, 0) is 11.4 Å². The summed E-state index contributed by atoms with van der Waals surface area (Å²) in [5, 5.41) is 0.848. The molecule has 2 aromatic carbocycles. The van der Waals surface area contributed by atoms with Gasteiger partial charge in [0.1, 0.15) is 12.4 Å². The fraction of sp³-hybridized carbons (Fsp3) is 0.304. The SMILES string of the molecule is O=C1N=C(N2CCCCCC2)S/C1=C\c1ccccc1OCc1ccccc1. The first kappa shape index (κ1) is 18.8. The number of benzene rings is 2. The standard InChI is InChI=1S/C23H24N2O2S/c26-22-21(28-23(24-22)25-14-8-1-2-9-15-25)16-19-12-6-7-13-20(19)27-17-18-10-4-3-5-11-18/h3-7,10-13,16H,1-2,8-9,14-15,17H2/b21-16-. The van der Waals surface area contributed by atoms with Gasteiger partial charge < -0.3 is 9.64 Å². The molecule has 5 heteroatoms. The first-order valence-electron chi connectivity index (χ1n) is 9.83. The van der Waals surface area contributed by atoms with E-state index in [2.05, 4.69) is 9.89 Å². The van der Waals surface area contributed by atoms with Crippen molar-refractivity contribution in [2.75, 3.05) is 13.1 Å². The van der Waals surface area contributed by atoms with Gasteiger partial charge in [-0.1, -0.05) is 61.4 Å². The van der Waals surface area contributed by atoms with Crippen molar-refractivity contribution in [3.63, 3.8) is 0 Å². The second-order valence-corrected chi connectivity index (χ2v) is 8.03. The summed E-state index contributed by atoms with van der Waals surface area (Å²) in [6.45, 7) is 2.48. The van der Waals surface area contributed by atoms with E-state index in [0.717, 1.165) is 35.1 Å². The van der Waals surface area contributed by atoms with Gasteiger partial charge in [0, 0.05) is 18.7 Å². The molecule has 0 N–H and O–H groups in total. The van der Waals surface area contributed by atoms with Crippen molar-refractivity contribution < 1.29 is 9.53 Å². The zero-order valence-electron chi connectivity index (χ0n) is 15.8. The van der Waals surface area contributed by atoms with E-state index < -0.39 is 0 Å². The molecule has 0 spiro atoms. The number of amidine groups is 1. The van der Waals surface area contributed by atoms with Gasteiger partial charge in [0.2, 0.25) is 0 Å². The van der Waals surface area contributed by atoms with Crippen LogP contribution in [-0.4, -0.2) is 29.1 Å². The van der Waals surface area contributed by atoms with Crippen LogP contribution in [0.2, 0.25) is 0 Å². The molecule has 4 nitrogen and oxygen atoms in total. The number of hydrogen-bond acceptors (Lipinski definition) is 4. The molecule has 1 saturated heterocycles. The van der Waals surface area contributed by atoms with Crippen LogP contribution >= 0.6 is 11.8 Å². The molecule has 4 rings (SSSR count). The topological polar surface area (TPSA) is 41.9 Å². The van der Waals surface area contributed by atoms with E-state index in [1.54, 1.807) is 0 Å². The van der Waals surface area contributed by atoms with Gasteiger partial charge in [0.25, 0.3) is 5.91 Å². The van der Waals surface area contributed by atoms with Gasteiger partial charge in [-0.3, -0.25) is 4.79 Å². The summed E-state index contributed by atoms with van der Waals surface area (Å²) in [5.74, 6) is 0.623. The van der Waals surface area contributed by atoms with Crippen LogP contribution in [0.3, 0.4) is 0 Å². The van der Waals surface area contributed by atoms with Crippen molar-refractivity contribution in [3.05, 3.63) is 70.6 Å². The summed E-state index contributed by atoms with van der Waals surface area (Å²) in [4.78, 5) is 19.7. The number of thioether (sulfide) groups is 1. The Labute approximate surface area is 170 Å². The molecule has 2 aromatic rings. The predicted molar refractivity (Wildman–Crippen MR) is 115 cm³/mol. The van der Waals surface area contributed by atoms with Crippen LogP contribution in [0, 0.1) is 0 Å². The molecular formula is C23H24N2O2S. The van der Waals surface area contributed by atoms with E-state index in [1.165, 1.54) is 37.4 Å². The number of likely N-dealkylation sites (tertiary alicyclic amines) is 1. The molecule has 0 saturated carbocycles. The largest absolute Gasteiger partial charge is 0.488 e. The van der Waals surface area contributed by atoms with Gasteiger partial charge in [-0.25, -0.2) is 0 Å². The summed E-state index contributed by atoms with van der Waals surface area (Å²) in [5.41, 5.74) is 2.02. The lowest BCUT2D eigenvalue weighted by Crippen LogP contribution is -2.28. The predicted octanol–water partition coefficient (Wildman–Crippen LogP) is 5.11. The molecular weight excluding hydrogens is 368 g/mol. The fourth-order valence-corrected chi connectivity index (χ4v) is 4.36. The van der Waals surface area contributed by atoms with E-state index in [0.29, 0.717) is 11.5 Å². The third kappa shape index (κ3) is 4.65. The summed E-state index contributed by atoms with van der Waals surface area (Å²) in [6.07, 6.45) is 6.77. The minimum Gasteiger partial charge on any atom is -0.488 e. The molecule has 0 unspecified atom stereocenters. The van der Waals surface area contributed by atoms with Crippen molar-refractivity contribution in [1.29, 1.82) is 0 Å². The van der Waals surface area contributed by atoms with Gasteiger partial charge >= 0.3 is 0 Å². The quantitative estimate of drug-likeness (QED) is 0.678. The van der Waals surface area contributed by atoms with Crippen LogP contribution in [0.25, 0.3) is 6.08 Å². The number of ether oxygens (including phenoxy) is 1. The highest BCUT2D eigenvalue weighted by molar-refractivity contribution is 8.18. The zero-order valence-corrected chi connectivity index (χ0v) is 16.7. The minimum atomic E-state index is -0.151. The summed E-state index contributed by atoms with van der Waals surface area (Å²) < 4.78 is 6.02. The second kappa shape index (κ2) is 9.11. The summed E-state index contributed by atoms with van der Waals surface area (Å²) >= 11 is 1.48. The third-order valence-electron chi connectivity index (χ3n) is 4.93. The number of carbonyl (C=O) groups is 1. The van der Waals surface area contributed by atoms with Crippen molar-refractivity contribution >= 4 is 28.9 Å². The highest BCUT2D eigenvalue weighted by Gasteiger charge is 2.26. The van der Waals surface area contributed by atoms with Crippen LogP contribution in [0.1, 0.15) is 36.8 Å². The Morgan fingerprint density at radius 3 is 2.46 bits per heavy atom. The first-order valence-corrected chi connectivity index (χ1v) is 10.6. The molecule has 1 fully saturated rings. The molecule has 0 bridgehead atoms. The second-order valence-electron chi connectivity index (χ2n) is 7.02. The van der Waals surface area contributed by atoms with Crippen molar-refractivity contribution in [2.45, 2.75) is 32.3 Å². The Morgan fingerprint density at radius 1 is 0.964 bits per heavy atom. The van der Waals surface area contributed by atoms with Crippen LogP contribution in [0.15, 0.2) is 64.5 Å². The lowest BCUT2D eigenvalue weighted by molar-refractivity contribution is -0.113. The average molecular weight is 393 g/mol. The van der Waals surface area contributed by atoms with Gasteiger partial charge in [0.05, 0.1) is 4.91 Å². The lowest BCUT2D eigenvalue weighted by atomic mass is 10.2. The van der Waals surface area contributed by atoms with Crippen LogP contribution < -0.4 is 4.74 Å². The van der Waals surface area contributed by atoms with Gasteiger partial charge in [-0.2, -0.15) is 4.99 Å². The van der Waals surface area contributed by atoms with E-state index >= 15 is 0 Å². The lowest BCUT2D eigenvalue weighted by Gasteiger charge is -2.20. The molecule has 144 valence electrons. The minimum absolute atomic E-state index is 0.151. The normalized spacial score (nSPS) is 18.9. The number of para-hydroxylation sites is 1. The fourth-order valence-electron chi connectivity index (χ4n) is 3.40. The highest BCUT2D eigenvalue weighted by atomic mass is 32.2. The van der Waals surface area contributed by atoms with Crippen molar-refractivity contribution in [2.24, 2.45) is 4.99 Å². The molecule has 2 aliphatic rings. The molecule has 0 aliphatic carbocycles. The average Bonchev–Trinajstić information content (AvgIpc) is 2.93. The Hall–Kier alpha value is -2.53. The number of rotatable bonds is 4. The molecule has 0 atom stereocenters. The number of nitrogens with zero attached hydrogens (tertiary/aromatic N) is 2. The van der Waals surface area contributed by atoms with Gasteiger partial charge in [-0.15, -0.1) is 0 Å². The van der Waals surface area contributed by atoms with E-state index in [-0.39, 0.29) is 5.91 Å². The monoisotopic (exact) mass is 392 g/mol. The molecule has 28 heavy (non-hydrogen) atoms. The third-order valence-corrected chi connectivity index (χ3v) is 5.97. The number of carbonyl (C=O) groups excluding carboxylic acids is 1. The van der Waals surface area contributed by atoms with Crippen LogP contribution in [0.5, 0.6) is 5.75 Å². The highest BCUT2D eigenvalue weighted by Crippen LogP contribution is 2.33. The maximum absolute atomic E-state index is 12.5. The Morgan fingerprint density at radius 2 is 1.68 bits per heavy atom.